The van der Waals surface area contributed by atoms with Gasteiger partial charge in [-0.1, -0.05) is 6.92 Å². The minimum absolute atomic E-state index is 0.567. The minimum atomic E-state index is 0.567. The van der Waals surface area contributed by atoms with Crippen molar-refractivity contribution in [3.63, 3.8) is 0 Å². The zero-order chi connectivity index (χ0) is 8.10. The first-order valence-corrected chi connectivity index (χ1v) is 3.92. The van der Waals surface area contributed by atoms with Gasteiger partial charge in [-0.25, -0.2) is 0 Å². The van der Waals surface area contributed by atoms with E-state index in [2.05, 4.69) is 11.9 Å². The molecule has 1 rings (SSSR count). The summed E-state index contributed by atoms with van der Waals surface area (Å²) in [5.41, 5.74) is 6.82. The van der Waals surface area contributed by atoms with Gasteiger partial charge in [0.1, 0.15) is 0 Å². The standard InChI is InChI=1S/C9H14N2/c1-8(7-10)6-9-2-4-11-5-3-9/h2-5,8H,6-7,10H2,1H3/t8-/m1/s1. The van der Waals surface area contributed by atoms with E-state index >= 15 is 0 Å². The van der Waals surface area contributed by atoms with Crippen LogP contribution < -0.4 is 5.73 Å². The first-order chi connectivity index (χ1) is 5.33. The summed E-state index contributed by atoms with van der Waals surface area (Å²) in [6.45, 7) is 2.91. The number of hydrogen-bond donors (Lipinski definition) is 1. The topological polar surface area (TPSA) is 38.9 Å². The Morgan fingerprint density at radius 3 is 2.64 bits per heavy atom. The second-order valence-electron chi connectivity index (χ2n) is 2.90. The Labute approximate surface area is 67.5 Å². The fourth-order valence-electron chi connectivity index (χ4n) is 1.00. The van der Waals surface area contributed by atoms with Gasteiger partial charge < -0.3 is 5.73 Å². The molecular formula is C9H14N2. The summed E-state index contributed by atoms with van der Waals surface area (Å²) in [5.74, 6) is 0.567. The Morgan fingerprint density at radius 2 is 2.09 bits per heavy atom. The molecule has 1 aromatic heterocycles. The Balaban J connectivity index is 2.51. The van der Waals surface area contributed by atoms with Crippen LogP contribution in [0.4, 0.5) is 0 Å². The van der Waals surface area contributed by atoms with Gasteiger partial charge in [-0.2, -0.15) is 0 Å². The van der Waals surface area contributed by atoms with Gasteiger partial charge in [0.15, 0.2) is 0 Å². The molecule has 11 heavy (non-hydrogen) atoms. The van der Waals surface area contributed by atoms with Crippen LogP contribution in [0.5, 0.6) is 0 Å². The van der Waals surface area contributed by atoms with E-state index < -0.39 is 0 Å². The van der Waals surface area contributed by atoms with Crippen molar-refractivity contribution in [2.24, 2.45) is 11.7 Å². The highest BCUT2D eigenvalue weighted by molar-refractivity contribution is 5.10. The summed E-state index contributed by atoms with van der Waals surface area (Å²) in [6.07, 6.45) is 4.69. The van der Waals surface area contributed by atoms with E-state index in [-0.39, 0.29) is 0 Å². The SMILES string of the molecule is C[C@@H](CN)Cc1ccncc1. The van der Waals surface area contributed by atoms with Crippen LogP contribution in [0.3, 0.4) is 0 Å². The van der Waals surface area contributed by atoms with E-state index in [1.807, 2.05) is 24.5 Å². The maximum atomic E-state index is 5.50. The lowest BCUT2D eigenvalue weighted by Gasteiger charge is -2.06. The molecule has 0 bridgehead atoms. The zero-order valence-electron chi connectivity index (χ0n) is 6.83. The molecule has 60 valence electrons. The van der Waals surface area contributed by atoms with Gasteiger partial charge in [0, 0.05) is 12.4 Å². The molecule has 0 amide bonds. The van der Waals surface area contributed by atoms with Crippen LogP contribution in [0.2, 0.25) is 0 Å². The molecule has 0 spiro atoms. The maximum absolute atomic E-state index is 5.50. The zero-order valence-corrected chi connectivity index (χ0v) is 6.83. The number of pyridine rings is 1. The van der Waals surface area contributed by atoms with Gasteiger partial charge in [0.05, 0.1) is 0 Å². The van der Waals surface area contributed by atoms with Crippen LogP contribution in [-0.2, 0) is 6.42 Å². The Morgan fingerprint density at radius 1 is 1.45 bits per heavy atom. The highest BCUT2D eigenvalue weighted by Gasteiger charge is 1.99. The average molecular weight is 150 g/mol. The second kappa shape index (κ2) is 4.09. The predicted octanol–water partition coefficient (Wildman–Crippen LogP) is 1.22. The smallest absolute Gasteiger partial charge is 0.0270 e. The van der Waals surface area contributed by atoms with Crippen molar-refractivity contribution < 1.29 is 0 Å². The van der Waals surface area contributed by atoms with Crippen LogP contribution in [0, 0.1) is 5.92 Å². The predicted molar refractivity (Wildman–Crippen MR) is 46.2 cm³/mol. The molecular weight excluding hydrogens is 136 g/mol. The molecule has 0 saturated heterocycles. The molecule has 0 unspecified atom stereocenters. The summed E-state index contributed by atoms with van der Waals surface area (Å²) in [4.78, 5) is 3.95. The molecule has 1 aromatic rings. The van der Waals surface area contributed by atoms with Crippen molar-refractivity contribution in [2.75, 3.05) is 6.54 Å². The molecule has 0 radical (unpaired) electrons. The molecule has 2 nitrogen and oxygen atoms in total. The van der Waals surface area contributed by atoms with Crippen LogP contribution in [0.1, 0.15) is 12.5 Å². The molecule has 1 heterocycles. The Bertz CT molecular complexity index is 196. The van der Waals surface area contributed by atoms with E-state index in [4.69, 9.17) is 5.73 Å². The lowest BCUT2D eigenvalue weighted by Crippen LogP contribution is -2.12. The van der Waals surface area contributed by atoms with Crippen molar-refractivity contribution in [1.82, 2.24) is 4.98 Å². The number of rotatable bonds is 3. The van der Waals surface area contributed by atoms with Crippen molar-refractivity contribution in [2.45, 2.75) is 13.3 Å². The minimum Gasteiger partial charge on any atom is -0.330 e. The highest BCUT2D eigenvalue weighted by Crippen LogP contribution is 2.04. The van der Waals surface area contributed by atoms with E-state index in [0.717, 1.165) is 13.0 Å². The van der Waals surface area contributed by atoms with Gasteiger partial charge >= 0.3 is 0 Å². The summed E-state index contributed by atoms with van der Waals surface area (Å²) in [6, 6.07) is 4.07. The number of hydrogen-bond acceptors (Lipinski definition) is 2. The Hall–Kier alpha value is -0.890. The van der Waals surface area contributed by atoms with Crippen LogP contribution in [0.15, 0.2) is 24.5 Å². The van der Waals surface area contributed by atoms with Gasteiger partial charge in [-0.15, -0.1) is 0 Å². The van der Waals surface area contributed by atoms with E-state index in [1.54, 1.807) is 0 Å². The first kappa shape index (κ1) is 8.21. The van der Waals surface area contributed by atoms with E-state index in [0.29, 0.717) is 5.92 Å². The van der Waals surface area contributed by atoms with Crippen LogP contribution in [0.25, 0.3) is 0 Å². The van der Waals surface area contributed by atoms with Crippen molar-refractivity contribution >= 4 is 0 Å². The summed E-state index contributed by atoms with van der Waals surface area (Å²) < 4.78 is 0. The first-order valence-electron chi connectivity index (χ1n) is 3.92. The third-order valence-electron chi connectivity index (χ3n) is 1.74. The van der Waals surface area contributed by atoms with E-state index in [9.17, 15) is 0 Å². The highest BCUT2D eigenvalue weighted by atomic mass is 14.6. The lowest BCUT2D eigenvalue weighted by molar-refractivity contribution is 0.592. The molecule has 0 saturated carbocycles. The average Bonchev–Trinajstić information content (AvgIpc) is 2.06. The molecule has 2 heteroatoms. The molecule has 0 aliphatic rings. The normalized spacial score (nSPS) is 12.9. The van der Waals surface area contributed by atoms with Crippen molar-refractivity contribution in [3.05, 3.63) is 30.1 Å². The molecule has 0 aliphatic heterocycles. The maximum Gasteiger partial charge on any atom is 0.0270 e. The molecule has 0 fully saturated rings. The third-order valence-corrected chi connectivity index (χ3v) is 1.74. The van der Waals surface area contributed by atoms with Crippen molar-refractivity contribution in [1.29, 1.82) is 0 Å². The Kier molecular flexibility index (Phi) is 3.05. The fraction of sp³-hybridized carbons (Fsp3) is 0.444. The monoisotopic (exact) mass is 150 g/mol. The van der Waals surface area contributed by atoms with Crippen molar-refractivity contribution in [3.8, 4) is 0 Å². The number of aromatic nitrogens is 1. The quantitative estimate of drug-likeness (QED) is 0.703. The molecule has 0 aromatic carbocycles. The van der Waals surface area contributed by atoms with Crippen LogP contribution >= 0.6 is 0 Å². The summed E-state index contributed by atoms with van der Waals surface area (Å²) in [5, 5.41) is 0. The van der Waals surface area contributed by atoms with E-state index in [1.165, 1.54) is 5.56 Å². The molecule has 0 aliphatic carbocycles. The molecule has 1 atom stereocenters. The summed E-state index contributed by atoms with van der Waals surface area (Å²) in [7, 11) is 0. The lowest BCUT2D eigenvalue weighted by atomic mass is 10.0. The second-order valence-corrected chi connectivity index (χ2v) is 2.90. The van der Waals surface area contributed by atoms with Gasteiger partial charge in [-0.3, -0.25) is 4.98 Å². The number of nitrogens with zero attached hydrogens (tertiary/aromatic N) is 1. The van der Waals surface area contributed by atoms with Gasteiger partial charge in [0.2, 0.25) is 0 Å². The van der Waals surface area contributed by atoms with Crippen LogP contribution in [-0.4, -0.2) is 11.5 Å². The third kappa shape index (κ3) is 2.68. The fourth-order valence-corrected chi connectivity index (χ4v) is 1.00. The molecule has 2 N–H and O–H groups in total. The number of nitrogens with two attached hydrogens (primary N) is 1. The van der Waals surface area contributed by atoms with Gasteiger partial charge in [0.25, 0.3) is 0 Å². The summed E-state index contributed by atoms with van der Waals surface area (Å²) >= 11 is 0. The largest absolute Gasteiger partial charge is 0.330 e. The van der Waals surface area contributed by atoms with Gasteiger partial charge in [-0.05, 0) is 36.6 Å².